The fourth-order valence-corrected chi connectivity index (χ4v) is 3.21. The van der Waals surface area contributed by atoms with Crippen LogP contribution >= 0.6 is 23.2 Å². The maximum Gasteiger partial charge on any atom is 0.267 e. The van der Waals surface area contributed by atoms with E-state index in [1.54, 1.807) is 24.3 Å². The fourth-order valence-electron chi connectivity index (χ4n) is 2.72. The van der Waals surface area contributed by atoms with Gasteiger partial charge in [-0.15, -0.1) is 10.2 Å². The number of para-hydroxylation sites is 1. The van der Waals surface area contributed by atoms with Gasteiger partial charge in [-0.1, -0.05) is 35.3 Å². The molecule has 0 amide bonds. The molecule has 4 aromatic rings. The van der Waals surface area contributed by atoms with Crippen molar-refractivity contribution >= 4 is 39.9 Å². The van der Waals surface area contributed by atoms with Crippen LogP contribution < -0.4 is 5.56 Å². The standard InChI is InChI=1S/C16H10Cl2N4O/c1-9-19-20-16-21(9)13-5-3-2-4-11(13)15(23)22(16)14-7-6-10(17)8-12(14)18/h2-8H,1H3. The minimum atomic E-state index is -0.204. The first kappa shape index (κ1) is 14.2. The Hall–Kier alpha value is -2.37. The number of fused-ring (bicyclic) bond motifs is 3. The summed E-state index contributed by atoms with van der Waals surface area (Å²) in [6.07, 6.45) is 0. The number of benzene rings is 2. The van der Waals surface area contributed by atoms with Crippen molar-refractivity contribution in [2.24, 2.45) is 0 Å². The zero-order valence-corrected chi connectivity index (χ0v) is 13.5. The van der Waals surface area contributed by atoms with Crippen molar-refractivity contribution in [1.82, 2.24) is 19.2 Å². The van der Waals surface area contributed by atoms with Crippen LogP contribution in [0.15, 0.2) is 47.3 Å². The topological polar surface area (TPSA) is 52.2 Å². The molecule has 2 aromatic heterocycles. The van der Waals surface area contributed by atoms with E-state index < -0.39 is 0 Å². The minimum absolute atomic E-state index is 0.204. The summed E-state index contributed by atoms with van der Waals surface area (Å²) in [5.41, 5.74) is 1.07. The molecule has 4 rings (SSSR count). The third-order valence-electron chi connectivity index (χ3n) is 3.74. The molecule has 0 fully saturated rings. The molecule has 0 saturated heterocycles. The van der Waals surface area contributed by atoms with Crippen LogP contribution in [0.4, 0.5) is 0 Å². The Labute approximate surface area is 140 Å². The van der Waals surface area contributed by atoms with Gasteiger partial charge in [0.1, 0.15) is 5.82 Å². The Morgan fingerprint density at radius 2 is 1.83 bits per heavy atom. The van der Waals surface area contributed by atoms with Crippen LogP contribution in [0, 0.1) is 6.92 Å². The lowest BCUT2D eigenvalue weighted by Gasteiger charge is -2.12. The number of aryl methyl sites for hydroxylation is 1. The molecule has 0 radical (unpaired) electrons. The van der Waals surface area contributed by atoms with Gasteiger partial charge in [0.15, 0.2) is 0 Å². The van der Waals surface area contributed by atoms with Crippen molar-refractivity contribution in [2.75, 3.05) is 0 Å². The Morgan fingerprint density at radius 3 is 2.61 bits per heavy atom. The maximum atomic E-state index is 13.0. The molecular weight excluding hydrogens is 335 g/mol. The Morgan fingerprint density at radius 1 is 1.04 bits per heavy atom. The molecule has 7 heteroatoms. The lowest BCUT2D eigenvalue weighted by molar-refractivity contribution is 0.965. The van der Waals surface area contributed by atoms with Crippen LogP contribution in [0.3, 0.4) is 0 Å². The van der Waals surface area contributed by atoms with Gasteiger partial charge < -0.3 is 0 Å². The van der Waals surface area contributed by atoms with Gasteiger partial charge in [0.2, 0.25) is 5.78 Å². The largest absolute Gasteiger partial charge is 0.268 e. The van der Waals surface area contributed by atoms with E-state index in [0.29, 0.717) is 32.7 Å². The van der Waals surface area contributed by atoms with Crippen molar-refractivity contribution in [3.8, 4) is 5.69 Å². The summed E-state index contributed by atoms with van der Waals surface area (Å²) in [4.78, 5) is 13.0. The highest BCUT2D eigenvalue weighted by Crippen LogP contribution is 2.25. The molecule has 2 aromatic carbocycles. The third kappa shape index (κ3) is 2.04. The molecule has 5 nitrogen and oxygen atoms in total. The molecule has 2 heterocycles. The van der Waals surface area contributed by atoms with Crippen LogP contribution in [0.5, 0.6) is 0 Å². The van der Waals surface area contributed by atoms with Crippen molar-refractivity contribution in [2.45, 2.75) is 6.92 Å². The predicted octanol–water partition coefficient (Wildman–Crippen LogP) is 3.65. The molecule has 0 saturated carbocycles. The monoisotopic (exact) mass is 344 g/mol. The number of halogens is 2. The molecule has 114 valence electrons. The molecular formula is C16H10Cl2N4O. The molecule has 0 atom stereocenters. The second-order valence-corrected chi connectivity index (χ2v) is 5.98. The number of rotatable bonds is 1. The van der Waals surface area contributed by atoms with E-state index in [0.717, 1.165) is 5.52 Å². The number of nitrogens with zero attached hydrogens (tertiary/aromatic N) is 4. The van der Waals surface area contributed by atoms with Gasteiger partial charge in [-0.05, 0) is 37.3 Å². The van der Waals surface area contributed by atoms with Gasteiger partial charge in [-0.3, -0.25) is 9.20 Å². The Bertz CT molecular complexity index is 1130. The summed E-state index contributed by atoms with van der Waals surface area (Å²) in [5, 5.41) is 9.70. The van der Waals surface area contributed by atoms with Gasteiger partial charge in [-0.2, -0.15) is 0 Å². The van der Waals surface area contributed by atoms with Gasteiger partial charge in [0, 0.05) is 5.02 Å². The van der Waals surface area contributed by atoms with Crippen LogP contribution in [-0.2, 0) is 0 Å². The molecule has 0 aliphatic carbocycles. The van der Waals surface area contributed by atoms with E-state index in [9.17, 15) is 4.79 Å². The molecule has 0 unspecified atom stereocenters. The van der Waals surface area contributed by atoms with Gasteiger partial charge in [0.05, 0.1) is 21.6 Å². The van der Waals surface area contributed by atoms with Crippen LogP contribution in [0.25, 0.3) is 22.4 Å². The first-order valence-electron chi connectivity index (χ1n) is 6.89. The minimum Gasteiger partial charge on any atom is -0.268 e. The highest BCUT2D eigenvalue weighted by atomic mass is 35.5. The van der Waals surface area contributed by atoms with Gasteiger partial charge >= 0.3 is 0 Å². The summed E-state index contributed by atoms with van der Waals surface area (Å²) in [6.45, 7) is 1.84. The van der Waals surface area contributed by atoms with E-state index in [1.165, 1.54) is 4.57 Å². The number of hydrogen-bond donors (Lipinski definition) is 0. The second kappa shape index (κ2) is 5.08. The first-order chi connectivity index (χ1) is 11.1. The summed E-state index contributed by atoms with van der Waals surface area (Å²) in [6, 6.07) is 12.3. The molecule has 23 heavy (non-hydrogen) atoms. The van der Waals surface area contributed by atoms with Crippen LogP contribution in [0.2, 0.25) is 10.0 Å². The first-order valence-corrected chi connectivity index (χ1v) is 7.64. The highest BCUT2D eigenvalue weighted by Gasteiger charge is 2.17. The summed E-state index contributed by atoms with van der Waals surface area (Å²) in [5.74, 6) is 1.10. The number of hydrogen-bond acceptors (Lipinski definition) is 3. The lowest BCUT2D eigenvalue weighted by atomic mass is 10.2. The Balaban J connectivity index is 2.26. The second-order valence-electron chi connectivity index (χ2n) is 5.14. The molecule has 0 spiro atoms. The lowest BCUT2D eigenvalue weighted by Crippen LogP contribution is -2.22. The molecule has 0 aliphatic rings. The quantitative estimate of drug-likeness (QED) is 0.529. The summed E-state index contributed by atoms with van der Waals surface area (Å²) >= 11 is 12.2. The number of aromatic nitrogens is 4. The fraction of sp³-hybridized carbons (Fsp3) is 0.0625. The zero-order chi connectivity index (χ0) is 16.1. The third-order valence-corrected chi connectivity index (χ3v) is 4.27. The van der Waals surface area contributed by atoms with E-state index in [1.807, 2.05) is 29.5 Å². The van der Waals surface area contributed by atoms with Gasteiger partial charge in [-0.25, -0.2) is 4.57 Å². The normalized spacial score (nSPS) is 11.4. The van der Waals surface area contributed by atoms with E-state index in [-0.39, 0.29) is 5.56 Å². The SMILES string of the molecule is Cc1nnc2n(-c3ccc(Cl)cc3Cl)c(=O)c3ccccc3n12. The molecule has 0 aliphatic heterocycles. The smallest absolute Gasteiger partial charge is 0.267 e. The average Bonchev–Trinajstić information content (AvgIpc) is 2.91. The zero-order valence-electron chi connectivity index (χ0n) is 12.0. The molecule has 0 bridgehead atoms. The van der Waals surface area contributed by atoms with E-state index in [2.05, 4.69) is 10.2 Å². The van der Waals surface area contributed by atoms with Crippen molar-refractivity contribution in [3.05, 3.63) is 68.7 Å². The van der Waals surface area contributed by atoms with E-state index >= 15 is 0 Å². The maximum absolute atomic E-state index is 13.0. The van der Waals surface area contributed by atoms with Gasteiger partial charge in [0.25, 0.3) is 5.56 Å². The van der Waals surface area contributed by atoms with Crippen LogP contribution in [0.1, 0.15) is 5.82 Å². The van der Waals surface area contributed by atoms with Crippen molar-refractivity contribution in [1.29, 1.82) is 0 Å². The van der Waals surface area contributed by atoms with Crippen molar-refractivity contribution < 1.29 is 0 Å². The molecule has 0 N–H and O–H groups in total. The summed E-state index contributed by atoms with van der Waals surface area (Å²) in [7, 11) is 0. The van der Waals surface area contributed by atoms with E-state index in [4.69, 9.17) is 23.2 Å². The highest BCUT2D eigenvalue weighted by molar-refractivity contribution is 6.35. The Kier molecular flexibility index (Phi) is 3.14. The summed E-state index contributed by atoms with van der Waals surface area (Å²) < 4.78 is 3.29. The predicted molar refractivity (Wildman–Crippen MR) is 90.8 cm³/mol. The van der Waals surface area contributed by atoms with Crippen LogP contribution in [-0.4, -0.2) is 19.2 Å². The average molecular weight is 345 g/mol. The van der Waals surface area contributed by atoms with Crippen molar-refractivity contribution in [3.63, 3.8) is 0 Å².